The molecule has 0 radical (unpaired) electrons. The summed E-state index contributed by atoms with van der Waals surface area (Å²) in [5, 5.41) is 19.2. The molecule has 0 aromatic heterocycles. The van der Waals surface area contributed by atoms with Crippen LogP contribution < -0.4 is 4.90 Å². The zero-order valence-electron chi connectivity index (χ0n) is 12.3. The normalized spacial score (nSPS) is 17.7. The Morgan fingerprint density at radius 2 is 1.86 bits per heavy atom. The molecule has 0 spiro atoms. The Kier molecular flexibility index (Phi) is 6.04. The van der Waals surface area contributed by atoms with Crippen LogP contribution in [0.15, 0.2) is 36.9 Å². The van der Waals surface area contributed by atoms with Gasteiger partial charge in [0, 0.05) is 38.4 Å². The highest BCUT2D eigenvalue weighted by molar-refractivity contribution is 5.49. The molecule has 116 valence electrons. The van der Waals surface area contributed by atoms with E-state index in [9.17, 15) is 10.2 Å². The van der Waals surface area contributed by atoms with Crippen LogP contribution in [0.1, 0.15) is 0 Å². The predicted molar refractivity (Wildman–Crippen MR) is 83.8 cm³/mol. The summed E-state index contributed by atoms with van der Waals surface area (Å²) in [6.45, 7) is 8.72. The zero-order valence-corrected chi connectivity index (χ0v) is 12.3. The van der Waals surface area contributed by atoms with E-state index in [0.717, 1.165) is 31.9 Å². The Morgan fingerprint density at radius 3 is 2.48 bits per heavy atom. The Bertz CT molecular complexity index is 428. The first-order valence-electron chi connectivity index (χ1n) is 7.32. The van der Waals surface area contributed by atoms with Crippen LogP contribution in [-0.2, 0) is 4.74 Å². The molecule has 1 aromatic carbocycles. The van der Waals surface area contributed by atoms with Crippen molar-refractivity contribution in [3.05, 3.63) is 36.9 Å². The number of piperazine rings is 1. The first-order valence-corrected chi connectivity index (χ1v) is 7.32. The van der Waals surface area contributed by atoms with E-state index in [1.54, 1.807) is 18.2 Å². The number of aliphatic hydroxyl groups excluding tert-OH is 1. The molecule has 1 aliphatic heterocycles. The number of phenols is 1. The number of ether oxygens (including phenoxy) is 1. The van der Waals surface area contributed by atoms with Gasteiger partial charge >= 0.3 is 0 Å². The maximum Gasteiger partial charge on any atom is 0.115 e. The number of anilines is 1. The maximum atomic E-state index is 9.90. The van der Waals surface area contributed by atoms with Gasteiger partial charge in [-0.2, -0.15) is 0 Å². The second kappa shape index (κ2) is 8.02. The van der Waals surface area contributed by atoms with Crippen molar-refractivity contribution in [2.75, 3.05) is 50.8 Å². The Labute approximate surface area is 126 Å². The van der Waals surface area contributed by atoms with Gasteiger partial charge in [0.15, 0.2) is 0 Å². The molecule has 1 fully saturated rings. The fourth-order valence-electron chi connectivity index (χ4n) is 2.49. The summed E-state index contributed by atoms with van der Waals surface area (Å²) in [6, 6.07) is 7.29. The number of aromatic hydroxyl groups is 1. The topological polar surface area (TPSA) is 56.2 Å². The SMILES string of the molecule is C=CCOCC(O)CN1CCN(c2ccc(O)cc2)CC1. The summed E-state index contributed by atoms with van der Waals surface area (Å²) in [7, 11) is 0. The lowest BCUT2D eigenvalue weighted by molar-refractivity contribution is 0.0252. The summed E-state index contributed by atoms with van der Waals surface area (Å²) in [5.41, 5.74) is 1.13. The molecule has 5 nitrogen and oxygen atoms in total. The summed E-state index contributed by atoms with van der Waals surface area (Å²) < 4.78 is 5.26. The van der Waals surface area contributed by atoms with Gasteiger partial charge in [0.05, 0.1) is 19.3 Å². The lowest BCUT2D eigenvalue weighted by atomic mass is 10.2. The fraction of sp³-hybridized carbons (Fsp3) is 0.500. The van der Waals surface area contributed by atoms with E-state index in [4.69, 9.17) is 4.74 Å². The minimum Gasteiger partial charge on any atom is -0.508 e. The van der Waals surface area contributed by atoms with E-state index in [2.05, 4.69) is 16.4 Å². The molecule has 0 saturated carbocycles. The minimum absolute atomic E-state index is 0.292. The van der Waals surface area contributed by atoms with Crippen molar-refractivity contribution >= 4 is 5.69 Å². The van der Waals surface area contributed by atoms with E-state index >= 15 is 0 Å². The van der Waals surface area contributed by atoms with Crippen LogP contribution in [0.5, 0.6) is 5.75 Å². The van der Waals surface area contributed by atoms with E-state index < -0.39 is 6.10 Å². The Balaban J connectivity index is 1.72. The number of phenolic OH excluding ortho intramolecular Hbond substituents is 1. The standard InChI is InChI=1S/C16H24N2O3/c1-2-11-21-13-16(20)12-17-7-9-18(10-8-17)14-3-5-15(19)6-4-14/h2-6,16,19-20H,1,7-13H2. The number of β-amino-alcohol motifs (C(OH)–C–C–N with tert-alkyl or cyclic N) is 1. The van der Waals surface area contributed by atoms with Gasteiger partial charge in [0.2, 0.25) is 0 Å². The van der Waals surface area contributed by atoms with Crippen LogP contribution in [0.2, 0.25) is 0 Å². The van der Waals surface area contributed by atoms with E-state index in [0.29, 0.717) is 25.5 Å². The highest BCUT2D eigenvalue weighted by Crippen LogP contribution is 2.19. The molecule has 2 rings (SSSR count). The third kappa shape index (κ3) is 5.04. The maximum absolute atomic E-state index is 9.90. The van der Waals surface area contributed by atoms with Crippen LogP contribution in [0.4, 0.5) is 5.69 Å². The molecule has 1 unspecified atom stereocenters. The molecule has 1 saturated heterocycles. The van der Waals surface area contributed by atoms with Crippen LogP contribution in [0.25, 0.3) is 0 Å². The molecule has 1 aromatic rings. The van der Waals surface area contributed by atoms with Crippen molar-refractivity contribution in [2.24, 2.45) is 0 Å². The van der Waals surface area contributed by atoms with Gasteiger partial charge in [-0.3, -0.25) is 4.90 Å². The first kappa shape index (κ1) is 15.8. The van der Waals surface area contributed by atoms with Crippen molar-refractivity contribution in [3.8, 4) is 5.75 Å². The van der Waals surface area contributed by atoms with Crippen molar-refractivity contribution in [3.63, 3.8) is 0 Å². The average Bonchev–Trinajstić information content (AvgIpc) is 2.49. The molecule has 2 N–H and O–H groups in total. The van der Waals surface area contributed by atoms with Crippen LogP contribution in [0.3, 0.4) is 0 Å². The summed E-state index contributed by atoms with van der Waals surface area (Å²) in [4.78, 5) is 4.54. The molecule has 0 amide bonds. The summed E-state index contributed by atoms with van der Waals surface area (Å²) >= 11 is 0. The summed E-state index contributed by atoms with van der Waals surface area (Å²) in [6.07, 6.45) is 1.23. The number of hydrogen-bond acceptors (Lipinski definition) is 5. The average molecular weight is 292 g/mol. The number of aliphatic hydroxyl groups is 1. The van der Waals surface area contributed by atoms with Gasteiger partial charge < -0.3 is 19.8 Å². The Hall–Kier alpha value is -1.56. The molecule has 5 heteroatoms. The van der Waals surface area contributed by atoms with Gasteiger partial charge in [-0.25, -0.2) is 0 Å². The van der Waals surface area contributed by atoms with Gasteiger partial charge in [0.1, 0.15) is 5.75 Å². The van der Waals surface area contributed by atoms with Gasteiger partial charge in [-0.1, -0.05) is 6.08 Å². The van der Waals surface area contributed by atoms with Crippen molar-refractivity contribution in [1.29, 1.82) is 0 Å². The molecule has 0 aliphatic carbocycles. The van der Waals surface area contributed by atoms with Gasteiger partial charge in [0.25, 0.3) is 0 Å². The van der Waals surface area contributed by atoms with Crippen molar-refractivity contribution in [2.45, 2.75) is 6.10 Å². The third-order valence-electron chi connectivity index (χ3n) is 3.60. The quantitative estimate of drug-likeness (QED) is 0.582. The highest BCUT2D eigenvalue weighted by atomic mass is 16.5. The largest absolute Gasteiger partial charge is 0.508 e. The van der Waals surface area contributed by atoms with Gasteiger partial charge in [-0.15, -0.1) is 6.58 Å². The monoisotopic (exact) mass is 292 g/mol. The fourth-order valence-corrected chi connectivity index (χ4v) is 2.49. The number of nitrogens with zero attached hydrogens (tertiary/aromatic N) is 2. The molecule has 0 bridgehead atoms. The first-order chi connectivity index (χ1) is 10.2. The molecular formula is C16H24N2O3. The number of benzene rings is 1. The number of rotatable bonds is 7. The van der Waals surface area contributed by atoms with Crippen molar-refractivity contribution < 1.29 is 14.9 Å². The molecule has 1 heterocycles. The smallest absolute Gasteiger partial charge is 0.115 e. The van der Waals surface area contributed by atoms with E-state index in [1.165, 1.54) is 0 Å². The molecule has 21 heavy (non-hydrogen) atoms. The predicted octanol–water partition coefficient (Wildman–Crippen LogP) is 1.08. The molecular weight excluding hydrogens is 268 g/mol. The second-order valence-electron chi connectivity index (χ2n) is 5.28. The van der Waals surface area contributed by atoms with Crippen molar-refractivity contribution in [1.82, 2.24) is 4.90 Å². The van der Waals surface area contributed by atoms with Gasteiger partial charge in [-0.05, 0) is 24.3 Å². The van der Waals surface area contributed by atoms with Crippen LogP contribution in [-0.4, -0.2) is 67.2 Å². The Morgan fingerprint density at radius 1 is 1.19 bits per heavy atom. The zero-order chi connectivity index (χ0) is 15.1. The highest BCUT2D eigenvalue weighted by Gasteiger charge is 2.19. The lowest BCUT2D eigenvalue weighted by Gasteiger charge is -2.36. The lowest BCUT2D eigenvalue weighted by Crippen LogP contribution is -2.49. The number of hydrogen-bond donors (Lipinski definition) is 2. The van der Waals surface area contributed by atoms with Crippen LogP contribution >= 0.6 is 0 Å². The minimum atomic E-state index is -0.454. The molecule has 1 aliphatic rings. The van der Waals surface area contributed by atoms with Crippen LogP contribution in [0, 0.1) is 0 Å². The van der Waals surface area contributed by atoms with E-state index in [1.807, 2.05) is 12.1 Å². The van der Waals surface area contributed by atoms with E-state index in [-0.39, 0.29) is 0 Å². The second-order valence-corrected chi connectivity index (χ2v) is 5.28. The molecule has 1 atom stereocenters. The third-order valence-corrected chi connectivity index (χ3v) is 3.60. The summed E-state index contributed by atoms with van der Waals surface area (Å²) in [5.74, 6) is 0.292.